The molecule has 0 aliphatic carbocycles. The number of benzene rings is 3. The molecule has 0 amide bonds. The Balaban J connectivity index is 1.57. The Labute approximate surface area is 225 Å². The fourth-order valence-corrected chi connectivity index (χ4v) is 4.04. The van der Waals surface area contributed by atoms with Crippen LogP contribution >= 0.6 is 11.6 Å². The van der Waals surface area contributed by atoms with Crippen LogP contribution in [0.25, 0.3) is 33.5 Å². The van der Waals surface area contributed by atoms with Crippen molar-refractivity contribution < 1.29 is 23.6 Å². The van der Waals surface area contributed by atoms with Crippen LogP contribution < -0.4 is 10.3 Å². The molecule has 5 rings (SSSR count). The number of hydrogen-bond acceptors (Lipinski definition) is 9. The predicted octanol–water partition coefficient (Wildman–Crippen LogP) is 5.20. The van der Waals surface area contributed by atoms with Crippen LogP contribution in [0.3, 0.4) is 0 Å². The van der Waals surface area contributed by atoms with E-state index in [1.165, 1.54) is 24.4 Å². The van der Waals surface area contributed by atoms with Gasteiger partial charge in [-0.2, -0.15) is 9.78 Å². The highest BCUT2D eigenvalue weighted by Gasteiger charge is 2.19. The van der Waals surface area contributed by atoms with Gasteiger partial charge in [0.15, 0.2) is 18.1 Å². The van der Waals surface area contributed by atoms with E-state index in [1.54, 1.807) is 55.5 Å². The predicted molar refractivity (Wildman–Crippen MR) is 144 cm³/mol. The third-order valence-electron chi connectivity index (χ3n) is 5.61. The van der Waals surface area contributed by atoms with Gasteiger partial charge in [0, 0.05) is 22.0 Å². The number of halogens is 1. The number of nitrogens with zero attached hydrogens (tertiary/aromatic N) is 4. The van der Waals surface area contributed by atoms with E-state index < -0.39 is 23.1 Å². The number of hydrogen-bond donors (Lipinski definition) is 0. The minimum absolute atomic E-state index is 0.114. The largest absolute Gasteiger partial charge is 0.475 e. The zero-order valence-corrected chi connectivity index (χ0v) is 21.1. The monoisotopic (exact) mass is 546 g/mol. The highest BCUT2D eigenvalue weighted by molar-refractivity contribution is 6.31. The lowest BCUT2D eigenvalue weighted by Crippen LogP contribution is -2.20. The van der Waals surface area contributed by atoms with E-state index in [4.69, 9.17) is 25.5 Å². The number of para-hydroxylation sites is 1. The second-order valence-electron chi connectivity index (χ2n) is 8.18. The number of nitro benzene ring substituents is 1. The van der Waals surface area contributed by atoms with E-state index >= 15 is 0 Å². The molecule has 0 aliphatic rings. The normalized spacial score (nSPS) is 11.3. The van der Waals surface area contributed by atoms with Crippen molar-refractivity contribution in [2.75, 3.05) is 13.2 Å². The maximum atomic E-state index is 13.4. The SMILES string of the molecule is CCOC(=O)COc1ccc(C=Nn2c(-c3cc4cc(Cl)ccc4o3)nc3ccccc3c2=O)cc1[N+](=O)[O-]. The zero-order chi connectivity index (χ0) is 27.5. The first kappa shape index (κ1) is 25.6. The number of nitro groups is 1. The fraction of sp³-hybridized carbons (Fsp3) is 0.111. The average molecular weight is 547 g/mol. The molecule has 0 saturated carbocycles. The molecule has 0 fully saturated rings. The number of aromatic nitrogens is 2. The molecule has 2 heterocycles. The summed E-state index contributed by atoms with van der Waals surface area (Å²) in [7, 11) is 0. The van der Waals surface area contributed by atoms with Gasteiger partial charge >= 0.3 is 11.7 Å². The summed E-state index contributed by atoms with van der Waals surface area (Å²) in [5.74, 6) is -0.357. The van der Waals surface area contributed by atoms with Gasteiger partial charge in [0.25, 0.3) is 5.56 Å². The van der Waals surface area contributed by atoms with E-state index in [9.17, 15) is 19.7 Å². The van der Waals surface area contributed by atoms with E-state index in [1.807, 2.05) is 0 Å². The Morgan fingerprint density at radius 3 is 2.79 bits per heavy atom. The lowest BCUT2D eigenvalue weighted by atomic mass is 10.2. The van der Waals surface area contributed by atoms with Crippen molar-refractivity contribution in [3.05, 3.63) is 97.8 Å². The molecule has 3 aromatic carbocycles. The van der Waals surface area contributed by atoms with Crippen LogP contribution in [0, 0.1) is 10.1 Å². The molecule has 39 heavy (non-hydrogen) atoms. The molecule has 0 radical (unpaired) electrons. The van der Waals surface area contributed by atoms with Gasteiger partial charge < -0.3 is 13.9 Å². The van der Waals surface area contributed by atoms with E-state index in [2.05, 4.69) is 10.1 Å². The number of ether oxygens (including phenoxy) is 2. The summed E-state index contributed by atoms with van der Waals surface area (Å²) in [6.45, 7) is 1.32. The molecule has 2 aromatic heterocycles. The third-order valence-corrected chi connectivity index (χ3v) is 5.84. The van der Waals surface area contributed by atoms with Crippen molar-refractivity contribution in [3.63, 3.8) is 0 Å². The van der Waals surface area contributed by atoms with E-state index in [-0.39, 0.29) is 29.6 Å². The van der Waals surface area contributed by atoms with Crippen molar-refractivity contribution in [1.29, 1.82) is 0 Å². The molecule has 12 heteroatoms. The molecule has 196 valence electrons. The summed E-state index contributed by atoms with van der Waals surface area (Å²) >= 11 is 6.11. The van der Waals surface area contributed by atoms with Crippen LogP contribution in [0.4, 0.5) is 5.69 Å². The molecule has 0 saturated heterocycles. The van der Waals surface area contributed by atoms with Gasteiger partial charge in [-0.3, -0.25) is 14.9 Å². The van der Waals surface area contributed by atoms with Crippen LogP contribution in [0.5, 0.6) is 5.75 Å². The van der Waals surface area contributed by atoms with Gasteiger partial charge in [-0.15, -0.1) is 0 Å². The van der Waals surface area contributed by atoms with Gasteiger partial charge in [-0.05, 0) is 55.5 Å². The topological polar surface area (TPSA) is 139 Å². The average Bonchev–Trinajstić information content (AvgIpc) is 3.34. The van der Waals surface area contributed by atoms with Gasteiger partial charge in [0.05, 0.1) is 28.6 Å². The second kappa shape index (κ2) is 10.8. The van der Waals surface area contributed by atoms with Crippen molar-refractivity contribution in [1.82, 2.24) is 9.66 Å². The number of esters is 1. The van der Waals surface area contributed by atoms with Crippen LogP contribution in [-0.2, 0) is 9.53 Å². The first-order chi connectivity index (χ1) is 18.8. The zero-order valence-electron chi connectivity index (χ0n) is 20.4. The lowest BCUT2D eigenvalue weighted by Gasteiger charge is -2.08. The molecule has 5 aromatic rings. The summed E-state index contributed by atoms with van der Waals surface area (Å²) in [5.41, 5.74) is 0.436. The Hall–Kier alpha value is -5.03. The van der Waals surface area contributed by atoms with Crippen LogP contribution in [-0.4, -0.2) is 40.0 Å². The molecule has 0 bridgehead atoms. The molecular formula is C27H19ClN4O7. The first-order valence-electron chi connectivity index (χ1n) is 11.7. The van der Waals surface area contributed by atoms with E-state index in [0.717, 1.165) is 4.68 Å². The number of fused-ring (bicyclic) bond motifs is 2. The summed E-state index contributed by atoms with van der Waals surface area (Å²) < 4.78 is 17.1. The number of furan rings is 1. The van der Waals surface area contributed by atoms with Gasteiger partial charge in [-0.25, -0.2) is 9.78 Å². The second-order valence-corrected chi connectivity index (χ2v) is 8.62. The van der Waals surface area contributed by atoms with Crippen molar-refractivity contribution in [3.8, 4) is 17.3 Å². The highest BCUT2D eigenvalue weighted by atomic mass is 35.5. The van der Waals surface area contributed by atoms with Crippen LogP contribution in [0.1, 0.15) is 12.5 Å². The number of carbonyl (C=O) groups is 1. The quantitative estimate of drug-likeness (QED) is 0.112. The van der Waals surface area contributed by atoms with Gasteiger partial charge in [-0.1, -0.05) is 23.7 Å². The molecular weight excluding hydrogens is 528 g/mol. The summed E-state index contributed by atoms with van der Waals surface area (Å²) in [6.07, 6.45) is 1.28. The molecule has 0 aliphatic heterocycles. The Bertz CT molecular complexity index is 1830. The summed E-state index contributed by atoms with van der Waals surface area (Å²) in [4.78, 5) is 40.6. The third kappa shape index (κ3) is 5.34. The Morgan fingerprint density at radius 2 is 2.00 bits per heavy atom. The minimum Gasteiger partial charge on any atom is -0.475 e. The van der Waals surface area contributed by atoms with Crippen LogP contribution in [0.15, 0.2) is 81.0 Å². The Morgan fingerprint density at radius 1 is 1.18 bits per heavy atom. The smallest absolute Gasteiger partial charge is 0.344 e. The summed E-state index contributed by atoms with van der Waals surface area (Å²) in [6, 6.07) is 17.7. The highest BCUT2D eigenvalue weighted by Crippen LogP contribution is 2.30. The van der Waals surface area contributed by atoms with Crippen molar-refractivity contribution in [2.24, 2.45) is 5.10 Å². The molecule has 0 atom stereocenters. The maximum absolute atomic E-state index is 13.4. The van der Waals surface area contributed by atoms with Gasteiger partial charge in [0.2, 0.25) is 5.82 Å². The lowest BCUT2D eigenvalue weighted by molar-refractivity contribution is -0.385. The standard InChI is InChI=1S/C27H19ClN4O7/c1-2-37-25(33)15-38-23-9-7-16(11-21(23)32(35)36)14-29-31-26(30-20-6-4-3-5-19(20)27(31)34)24-13-17-12-18(28)8-10-22(17)39-24/h3-14H,2,15H2,1H3. The van der Waals surface area contributed by atoms with E-state index in [0.29, 0.717) is 32.5 Å². The number of rotatable bonds is 8. The van der Waals surface area contributed by atoms with Crippen LogP contribution in [0.2, 0.25) is 5.02 Å². The Kier molecular flexibility index (Phi) is 7.06. The summed E-state index contributed by atoms with van der Waals surface area (Å²) in [5, 5.41) is 17.5. The fourth-order valence-electron chi connectivity index (χ4n) is 3.86. The molecule has 0 N–H and O–H groups in total. The van der Waals surface area contributed by atoms with Gasteiger partial charge in [0.1, 0.15) is 5.58 Å². The first-order valence-corrected chi connectivity index (χ1v) is 12.0. The minimum atomic E-state index is -0.652. The molecule has 0 spiro atoms. The van der Waals surface area contributed by atoms with Crippen molar-refractivity contribution in [2.45, 2.75) is 6.92 Å². The maximum Gasteiger partial charge on any atom is 0.344 e. The van der Waals surface area contributed by atoms with Crippen molar-refractivity contribution >= 4 is 51.3 Å². The number of carbonyl (C=O) groups excluding carboxylic acids is 1. The molecule has 11 nitrogen and oxygen atoms in total. The molecule has 0 unspecified atom stereocenters.